The van der Waals surface area contributed by atoms with Crippen LogP contribution in [0.1, 0.15) is 26.7 Å². The van der Waals surface area contributed by atoms with Crippen molar-refractivity contribution in [3.8, 4) is 0 Å². The van der Waals surface area contributed by atoms with Crippen LogP contribution in [-0.2, 0) is 0 Å². The summed E-state index contributed by atoms with van der Waals surface area (Å²) >= 11 is 0. The molecule has 0 saturated heterocycles. The fourth-order valence-electron chi connectivity index (χ4n) is 1.46. The minimum absolute atomic E-state index is 0.592. The van der Waals surface area contributed by atoms with Gasteiger partial charge in [0.25, 0.3) is 0 Å². The zero-order chi connectivity index (χ0) is 10.9. The predicted octanol–water partition coefficient (Wildman–Crippen LogP) is 3.37. The Bertz CT molecular complexity index is 280. The van der Waals surface area contributed by atoms with Gasteiger partial charge in [0.05, 0.1) is 0 Å². The molecule has 0 saturated carbocycles. The molecule has 0 spiro atoms. The van der Waals surface area contributed by atoms with E-state index in [1.54, 1.807) is 0 Å². The molecule has 0 amide bonds. The zero-order valence-electron chi connectivity index (χ0n) is 9.74. The molecule has 0 fully saturated rings. The van der Waals surface area contributed by atoms with E-state index in [0.29, 0.717) is 6.04 Å². The van der Waals surface area contributed by atoms with E-state index in [9.17, 15) is 0 Å². The first-order chi connectivity index (χ1) is 7.29. The molecule has 0 aromatic heterocycles. The third-order valence-electron chi connectivity index (χ3n) is 2.26. The molecule has 1 heteroatoms. The van der Waals surface area contributed by atoms with E-state index in [-0.39, 0.29) is 0 Å². The van der Waals surface area contributed by atoms with E-state index in [1.807, 2.05) is 6.08 Å². The summed E-state index contributed by atoms with van der Waals surface area (Å²) in [6.45, 7) is 5.47. The van der Waals surface area contributed by atoms with Gasteiger partial charge in [-0.15, -0.1) is 0 Å². The molecule has 0 aromatic rings. The average Bonchev–Trinajstić information content (AvgIpc) is 2.14. The van der Waals surface area contributed by atoms with Crippen molar-refractivity contribution in [3.63, 3.8) is 0 Å². The average molecular weight is 203 g/mol. The first-order valence-corrected chi connectivity index (χ1v) is 5.73. The first kappa shape index (κ1) is 12.0. The summed E-state index contributed by atoms with van der Waals surface area (Å²) in [5.41, 5.74) is 1.40. The molecule has 1 N–H and O–H groups in total. The van der Waals surface area contributed by atoms with E-state index in [4.69, 9.17) is 0 Å². The van der Waals surface area contributed by atoms with E-state index < -0.39 is 0 Å². The molecule has 15 heavy (non-hydrogen) atoms. The van der Waals surface area contributed by atoms with Crippen molar-refractivity contribution in [2.45, 2.75) is 32.7 Å². The third kappa shape index (κ3) is 6.08. The molecule has 0 unspecified atom stereocenters. The van der Waals surface area contributed by atoms with Crippen LogP contribution in [0.25, 0.3) is 0 Å². The predicted molar refractivity (Wildman–Crippen MR) is 67.9 cm³/mol. The van der Waals surface area contributed by atoms with Crippen molar-refractivity contribution in [1.29, 1.82) is 0 Å². The van der Waals surface area contributed by atoms with Crippen LogP contribution in [0, 0.1) is 0 Å². The fraction of sp³-hybridized carbons (Fsp3) is 0.429. The lowest BCUT2D eigenvalue weighted by atomic mass is 10.1. The maximum absolute atomic E-state index is 3.43. The molecule has 1 rings (SSSR count). The van der Waals surface area contributed by atoms with Crippen molar-refractivity contribution in [2.75, 3.05) is 6.54 Å². The largest absolute Gasteiger partial charge is 0.315 e. The summed E-state index contributed by atoms with van der Waals surface area (Å²) < 4.78 is 0. The minimum atomic E-state index is 0.592. The number of allylic oxidation sites excluding steroid dienone is 8. The van der Waals surface area contributed by atoms with Gasteiger partial charge in [-0.3, -0.25) is 0 Å². The Kier molecular flexibility index (Phi) is 5.79. The Morgan fingerprint density at radius 2 is 1.80 bits per heavy atom. The number of hydrogen-bond acceptors (Lipinski definition) is 1. The lowest BCUT2D eigenvalue weighted by Crippen LogP contribution is -2.23. The van der Waals surface area contributed by atoms with Crippen molar-refractivity contribution in [2.24, 2.45) is 0 Å². The Labute approximate surface area is 93.3 Å². The molecule has 1 nitrogen and oxygen atoms in total. The molecule has 0 radical (unpaired) electrons. The van der Waals surface area contributed by atoms with Crippen molar-refractivity contribution < 1.29 is 0 Å². The van der Waals surface area contributed by atoms with Crippen LogP contribution in [0.3, 0.4) is 0 Å². The molecule has 0 atom stereocenters. The Hall–Kier alpha value is -1.08. The molecule has 0 bridgehead atoms. The highest BCUT2D eigenvalue weighted by Gasteiger charge is 1.94. The Morgan fingerprint density at radius 3 is 2.60 bits per heavy atom. The van der Waals surface area contributed by atoms with Crippen LogP contribution >= 0.6 is 0 Å². The molecular weight excluding hydrogens is 182 g/mol. The van der Waals surface area contributed by atoms with Gasteiger partial charge >= 0.3 is 0 Å². The van der Waals surface area contributed by atoms with Gasteiger partial charge in [-0.25, -0.2) is 0 Å². The van der Waals surface area contributed by atoms with E-state index >= 15 is 0 Å². The quantitative estimate of drug-likeness (QED) is 0.675. The SMILES string of the molecule is CC(C)NCCCC1=C/C=C\C=C/C=C\1. The van der Waals surface area contributed by atoms with Crippen molar-refractivity contribution >= 4 is 0 Å². The summed E-state index contributed by atoms with van der Waals surface area (Å²) in [5.74, 6) is 0. The Balaban J connectivity index is 2.25. The van der Waals surface area contributed by atoms with Gasteiger partial charge in [0, 0.05) is 6.04 Å². The topological polar surface area (TPSA) is 12.0 Å². The van der Waals surface area contributed by atoms with Gasteiger partial charge in [-0.1, -0.05) is 56.4 Å². The zero-order valence-corrected chi connectivity index (χ0v) is 9.74. The van der Waals surface area contributed by atoms with Crippen LogP contribution in [0.4, 0.5) is 0 Å². The summed E-state index contributed by atoms with van der Waals surface area (Å²) in [7, 11) is 0. The van der Waals surface area contributed by atoms with Gasteiger partial charge in [0.15, 0.2) is 0 Å². The number of rotatable bonds is 5. The molecule has 82 valence electrons. The molecule has 0 aromatic carbocycles. The van der Waals surface area contributed by atoms with Crippen LogP contribution in [0.15, 0.2) is 48.1 Å². The van der Waals surface area contributed by atoms with Crippen molar-refractivity contribution in [1.82, 2.24) is 5.32 Å². The number of hydrogen-bond donors (Lipinski definition) is 1. The first-order valence-electron chi connectivity index (χ1n) is 5.73. The maximum atomic E-state index is 3.43. The highest BCUT2D eigenvalue weighted by Crippen LogP contribution is 2.08. The maximum Gasteiger partial charge on any atom is 0.00103 e. The van der Waals surface area contributed by atoms with Gasteiger partial charge < -0.3 is 5.32 Å². The summed E-state index contributed by atoms with van der Waals surface area (Å²) in [4.78, 5) is 0. The lowest BCUT2D eigenvalue weighted by Gasteiger charge is -2.07. The van der Waals surface area contributed by atoms with Crippen LogP contribution in [-0.4, -0.2) is 12.6 Å². The molecule has 0 aliphatic heterocycles. The minimum Gasteiger partial charge on any atom is -0.315 e. The Morgan fingerprint density at radius 1 is 1.07 bits per heavy atom. The molecule has 1 aliphatic carbocycles. The van der Waals surface area contributed by atoms with Crippen LogP contribution < -0.4 is 5.32 Å². The highest BCUT2D eigenvalue weighted by atomic mass is 14.9. The summed E-state index contributed by atoms with van der Waals surface area (Å²) in [6, 6.07) is 0.592. The highest BCUT2D eigenvalue weighted by molar-refractivity contribution is 5.30. The van der Waals surface area contributed by atoms with Gasteiger partial charge in [-0.2, -0.15) is 0 Å². The van der Waals surface area contributed by atoms with Gasteiger partial charge in [-0.05, 0) is 25.0 Å². The molecule has 0 heterocycles. The van der Waals surface area contributed by atoms with Crippen LogP contribution in [0.5, 0.6) is 0 Å². The van der Waals surface area contributed by atoms with E-state index in [2.05, 4.69) is 55.6 Å². The van der Waals surface area contributed by atoms with E-state index in [1.165, 1.54) is 12.0 Å². The van der Waals surface area contributed by atoms with Crippen molar-refractivity contribution in [3.05, 3.63) is 48.1 Å². The van der Waals surface area contributed by atoms with Gasteiger partial charge in [0.2, 0.25) is 0 Å². The van der Waals surface area contributed by atoms with E-state index in [0.717, 1.165) is 13.0 Å². The normalized spacial score (nSPS) is 25.1. The fourth-order valence-corrected chi connectivity index (χ4v) is 1.46. The molecular formula is C14H21N. The van der Waals surface area contributed by atoms with Crippen LogP contribution in [0.2, 0.25) is 0 Å². The third-order valence-corrected chi connectivity index (χ3v) is 2.26. The van der Waals surface area contributed by atoms with Gasteiger partial charge in [0.1, 0.15) is 0 Å². The lowest BCUT2D eigenvalue weighted by molar-refractivity contribution is 0.571. The second-order valence-electron chi connectivity index (χ2n) is 4.08. The monoisotopic (exact) mass is 203 g/mol. The summed E-state index contributed by atoms with van der Waals surface area (Å²) in [6.07, 6.45) is 17.1. The standard InChI is InChI=1S/C14H21N/c1-13(2)15-12-8-11-14-9-6-4-3-5-7-10-14/h3-7,9-10,13,15H,8,11-12H2,1-2H3/b4-3-,5-3?,6-4?,7-5-,9-6-,10-7?,14-9?,14-10+. The smallest absolute Gasteiger partial charge is 0.00103 e. The second kappa shape index (κ2) is 7.24. The molecule has 1 aliphatic rings. The number of nitrogens with one attached hydrogen (secondary N) is 1. The summed E-state index contributed by atoms with van der Waals surface area (Å²) in [5, 5.41) is 3.43. The second-order valence-corrected chi connectivity index (χ2v) is 4.08.